The molecule has 2 N–H and O–H groups in total. The summed E-state index contributed by atoms with van der Waals surface area (Å²) in [7, 11) is -3.74. The molecular formula is C13H18N2O3S. The molecule has 104 valence electrons. The van der Waals surface area contributed by atoms with Crippen molar-refractivity contribution in [2.75, 3.05) is 0 Å². The second-order valence-electron chi connectivity index (χ2n) is 4.54. The standard InChI is InChI=1S/C13H18N2O3S/c1-4-10(8-14)18-13-6-5-11(19(15,16)17)7-12(13)9(2)3/h5-7,9-10H,4H2,1-3H3,(H2,15,16,17). The lowest BCUT2D eigenvalue weighted by atomic mass is 10.0. The number of primary sulfonamides is 1. The van der Waals surface area contributed by atoms with Crippen LogP contribution in [0.3, 0.4) is 0 Å². The Kier molecular flexibility index (Phi) is 4.92. The van der Waals surface area contributed by atoms with E-state index in [9.17, 15) is 8.42 Å². The van der Waals surface area contributed by atoms with Crippen LogP contribution in [0, 0.1) is 11.3 Å². The molecule has 0 aromatic heterocycles. The predicted molar refractivity (Wildman–Crippen MR) is 72.2 cm³/mol. The molecule has 1 aromatic carbocycles. The smallest absolute Gasteiger partial charge is 0.238 e. The van der Waals surface area contributed by atoms with Crippen LogP contribution in [0.5, 0.6) is 5.75 Å². The van der Waals surface area contributed by atoms with E-state index in [0.29, 0.717) is 12.2 Å². The lowest BCUT2D eigenvalue weighted by Crippen LogP contribution is -2.16. The summed E-state index contributed by atoms with van der Waals surface area (Å²) in [4.78, 5) is 0.0496. The van der Waals surface area contributed by atoms with E-state index in [2.05, 4.69) is 0 Å². The zero-order valence-corrected chi connectivity index (χ0v) is 12.1. The molecule has 1 rings (SSSR count). The van der Waals surface area contributed by atoms with Crippen LogP contribution < -0.4 is 9.88 Å². The van der Waals surface area contributed by atoms with Gasteiger partial charge in [-0.3, -0.25) is 0 Å². The molecule has 0 radical (unpaired) electrons. The first-order valence-electron chi connectivity index (χ1n) is 6.02. The predicted octanol–water partition coefficient (Wildman–Crippen LogP) is 2.14. The van der Waals surface area contributed by atoms with Crippen LogP contribution in [0.4, 0.5) is 0 Å². The highest BCUT2D eigenvalue weighted by Crippen LogP contribution is 2.29. The Morgan fingerprint density at radius 1 is 1.42 bits per heavy atom. The van der Waals surface area contributed by atoms with Gasteiger partial charge in [0.1, 0.15) is 11.8 Å². The van der Waals surface area contributed by atoms with Crippen molar-refractivity contribution >= 4 is 10.0 Å². The number of ether oxygens (including phenoxy) is 1. The largest absolute Gasteiger partial charge is 0.475 e. The van der Waals surface area contributed by atoms with E-state index in [1.54, 1.807) is 6.07 Å². The summed E-state index contributed by atoms with van der Waals surface area (Å²) in [5, 5.41) is 14.0. The molecule has 1 atom stereocenters. The highest BCUT2D eigenvalue weighted by molar-refractivity contribution is 7.89. The minimum absolute atomic E-state index is 0.0496. The molecule has 0 amide bonds. The molecule has 0 fully saturated rings. The summed E-state index contributed by atoms with van der Waals surface area (Å²) in [6, 6.07) is 6.49. The van der Waals surface area contributed by atoms with Crippen LogP contribution in [0.25, 0.3) is 0 Å². The Morgan fingerprint density at radius 2 is 2.05 bits per heavy atom. The zero-order chi connectivity index (χ0) is 14.6. The van der Waals surface area contributed by atoms with Gasteiger partial charge in [-0.1, -0.05) is 20.8 Å². The molecule has 0 spiro atoms. The van der Waals surface area contributed by atoms with Gasteiger partial charge in [0.15, 0.2) is 6.10 Å². The van der Waals surface area contributed by atoms with E-state index in [-0.39, 0.29) is 10.8 Å². The molecule has 0 aliphatic carbocycles. The molecule has 1 aromatic rings. The number of benzene rings is 1. The summed E-state index contributed by atoms with van der Waals surface area (Å²) in [5.41, 5.74) is 0.722. The van der Waals surface area contributed by atoms with Crippen molar-refractivity contribution in [1.82, 2.24) is 0 Å². The number of nitrogens with two attached hydrogens (primary N) is 1. The maximum Gasteiger partial charge on any atom is 0.238 e. The van der Waals surface area contributed by atoms with Gasteiger partial charge in [0.2, 0.25) is 10.0 Å². The van der Waals surface area contributed by atoms with Crippen molar-refractivity contribution in [2.45, 2.75) is 44.1 Å². The second-order valence-corrected chi connectivity index (χ2v) is 6.10. The van der Waals surface area contributed by atoms with Crippen molar-refractivity contribution in [3.05, 3.63) is 23.8 Å². The molecule has 6 heteroatoms. The molecule has 0 aliphatic rings. The molecule has 19 heavy (non-hydrogen) atoms. The SMILES string of the molecule is CCC(C#N)Oc1ccc(S(N)(=O)=O)cc1C(C)C. The molecule has 5 nitrogen and oxygen atoms in total. The molecular weight excluding hydrogens is 264 g/mol. The van der Waals surface area contributed by atoms with Crippen LogP contribution in [-0.4, -0.2) is 14.5 Å². The fourth-order valence-corrected chi connectivity index (χ4v) is 2.17. The maximum atomic E-state index is 11.3. The summed E-state index contributed by atoms with van der Waals surface area (Å²) in [5.74, 6) is 0.587. The van der Waals surface area contributed by atoms with Crippen molar-refractivity contribution in [1.29, 1.82) is 5.26 Å². The van der Waals surface area contributed by atoms with Crippen molar-refractivity contribution in [3.63, 3.8) is 0 Å². The van der Waals surface area contributed by atoms with Gasteiger partial charge >= 0.3 is 0 Å². The fourth-order valence-electron chi connectivity index (χ4n) is 1.62. The monoisotopic (exact) mass is 282 g/mol. The number of hydrogen-bond donors (Lipinski definition) is 1. The second kappa shape index (κ2) is 6.04. The lowest BCUT2D eigenvalue weighted by Gasteiger charge is -2.17. The average molecular weight is 282 g/mol. The highest BCUT2D eigenvalue weighted by Gasteiger charge is 2.16. The van der Waals surface area contributed by atoms with Crippen LogP contribution in [-0.2, 0) is 10.0 Å². The number of rotatable bonds is 5. The zero-order valence-electron chi connectivity index (χ0n) is 11.3. The normalized spacial score (nSPS) is 13.1. The van der Waals surface area contributed by atoms with E-state index in [4.69, 9.17) is 15.1 Å². The van der Waals surface area contributed by atoms with Gasteiger partial charge in [-0.05, 0) is 36.1 Å². The lowest BCUT2D eigenvalue weighted by molar-refractivity contribution is 0.248. The summed E-state index contributed by atoms with van der Waals surface area (Å²) >= 11 is 0. The highest BCUT2D eigenvalue weighted by atomic mass is 32.2. The van der Waals surface area contributed by atoms with Crippen molar-refractivity contribution < 1.29 is 13.2 Å². The molecule has 0 saturated heterocycles. The van der Waals surface area contributed by atoms with Gasteiger partial charge in [-0.2, -0.15) is 5.26 Å². The number of hydrogen-bond acceptors (Lipinski definition) is 4. The third-order valence-electron chi connectivity index (χ3n) is 2.72. The van der Waals surface area contributed by atoms with E-state index in [0.717, 1.165) is 5.56 Å². The molecule has 0 bridgehead atoms. The quantitative estimate of drug-likeness (QED) is 0.895. The number of nitrogens with zero attached hydrogens (tertiary/aromatic N) is 1. The van der Waals surface area contributed by atoms with Gasteiger partial charge in [0, 0.05) is 0 Å². The van der Waals surface area contributed by atoms with Crippen molar-refractivity contribution in [3.8, 4) is 11.8 Å². The van der Waals surface area contributed by atoms with Crippen LogP contribution in [0.2, 0.25) is 0 Å². The Morgan fingerprint density at radius 3 is 2.47 bits per heavy atom. The van der Waals surface area contributed by atoms with E-state index >= 15 is 0 Å². The first-order chi connectivity index (χ1) is 8.79. The summed E-state index contributed by atoms with van der Waals surface area (Å²) in [6.45, 7) is 5.69. The van der Waals surface area contributed by atoms with E-state index < -0.39 is 16.1 Å². The maximum absolute atomic E-state index is 11.3. The van der Waals surface area contributed by atoms with Crippen molar-refractivity contribution in [2.24, 2.45) is 5.14 Å². The van der Waals surface area contributed by atoms with Gasteiger partial charge in [0.25, 0.3) is 0 Å². The average Bonchev–Trinajstić information content (AvgIpc) is 2.34. The van der Waals surface area contributed by atoms with Gasteiger partial charge in [0.05, 0.1) is 4.90 Å². The minimum atomic E-state index is -3.74. The number of nitriles is 1. The molecule has 0 heterocycles. The van der Waals surface area contributed by atoms with Crippen LogP contribution in [0.15, 0.2) is 23.1 Å². The van der Waals surface area contributed by atoms with E-state index in [1.807, 2.05) is 26.8 Å². The summed E-state index contributed by atoms with van der Waals surface area (Å²) in [6.07, 6.45) is 0.0168. The van der Waals surface area contributed by atoms with Gasteiger partial charge in [-0.15, -0.1) is 0 Å². The fraction of sp³-hybridized carbons (Fsp3) is 0.462. The Bertz CT molecular complexity index is 588. The number of sulfonamides is 1. The summed E-state index contributed by atoms with van der Waals surface area (Å²) < 4.78 is 28.3. The Hall–Kier alpha value is -1.58. The first kappa shape index (κ1) is 15.5. The Balaban J connectivity index is 3.24. The van der Waals surface area contributed by atoms with Crippen LogP contribution >= 0.6 is 0 Å². The van der Waals surface area contributed by atoms with Gasteiger partial charge in [-0.25, -0.2) is 13.6 Å². The molecule has 0 saturated carbocycles. The molecule has 0 aliphatic heterocycles. The first-order valence-corrected chi connectivity index (χ1v) is 7.57. The molecule has 1 unspecified atom stereocenters. The van der Waals surface area contributed by atoms with Gasteiger partial charge < -0.3 is 4.74 Å². The minimum Gasteiger partial charge on any atom is -0.475 e. The third-order valence-corrected chi connectivity index (χ3v) is 3.63. The Labute approximate surface area is 114 Å². The van der Waals surface area contributed by atoms with Crippen LogP contribution in [0.1, 0.15) is 38.7 Å². The third kappa shape index (κ3) is 3.94. The topological polar surface area (TPSA) is 93.2 Å². The van der Waals surface area contributed by atoms with E-state index in [1.165, 1.54) is 12.1 Å².